The number of thiazole rings is 1. The molecule has 0 spiro atoms. The van der Waals surface area contributed by atoms with E-state index in [2.05, 4.69) is 25.1 Å². The van der Waals surface area contributed by atoms with Crippen LogP contribution in [0.3, 0.4) is 0 Å². The van der Waals surface area contributed by atoms with Gasteiger partial charge in [-0.05, 0) is 25.2 Å². The van der Waals surface area contributed by atoms with Crippen molar-refractivity contribution in [3.63, 3.8) is 0 Å². The van der Waals surface area contributed by atoms with E-state index in [0.29, 0.717) is 24.5 Å². The number of likely N-dealkylation sites (N-methyl/N-ethyl adjacent to an activating group) is 2. The molecule has 3 aromatic rings. The van der Waals surface area contributed by atoms with Gasteiger partial charge in [0, 0.05) is 37.6 Å². The van der Waals surface area contributed by atoms with Crippen LogP contribution in [0.4, 0.5) is 36.1 Å². The number of nitrogens with zero attached hydrogens (tertiary/aromatic N) is 2. The fourth-order valence-corrected chi connectivity index (χ4v) is 4.86. The van der Waals surface area contributed by atoms with Crippen molar-refractivity contribution in [1.82, 2.24) is 10.3 Å². The molecule has 2 aromatic carbocycles. The number of halogens is 4. The highest BCUT2D eigenvalue weighted by atomic mass is 35.5. The molecule has 184 valence electrons. The second kappa shape index (κ2) is 11.1. The number of aromatic nitrogens is 1. The number of rotatable bonds is 11. The molecular weight excluding hydrogens is 515 g/mol. The van der Waals surface area contributed by atoms with Crippen LogP contribution in [0.5, 0.6) is 5.75 Å². The summed E-state index contributed by atoms with van der Waals surface area (Å²) in [4.78, 5) is 4.94. The molecule has 0 aliphatic heterocycles. The monoisotopic (exact) mass is 535 g/mol. The molecule has 0 atom stereocenters. The number of benzene rings is 2. The Morgan fingerprint density at radius 1 is 1.24 bits per heavy atom. The molecule has 34 heavy (non-hydrogen) atoms. The fraction of sp³-hybridized carbons (Fsp3) is 0.250. The number of hydrogen-bond donors (Lipinski definition) is 3. The molecule has 3 N–H and O–H groups in total. The van der Waals surface area contributed by atoms with Crippen molar-refractivity contribution >= 4 is 55.8 Å². The van der Waals surface area contributed by atoms with E-state index in [1.165, 1.54) is 40.4 Å². The van der Waals surface area contributed by atoms with Crippen molar-refractivity contribution in [3.05, 3.63) is 52.1 Å². The molecule has 1 aromatic heterocycles. The summed E-state index contributed by atoms with van der Waals surface area (Å²) in [5.74, 6) is -1.04. The van der Waals surface area contributed by atoms with Gasteiger partial charge in [-0.25, -0.2) is 17.8 Å². The Morgan fingerprint density at radius 3 is 2.65 bits per heavy atom. The van der Waals surface area contributed by atoms with Crippen LogP contribution in [0.25, 0.3) is 0 Å². The van der Waals surface area contributed by atoms with Gasteiger partial charge in [0.1, 0.15) is 16.5 Å². The summed E-state index contributed by atoms with van der Waals surface area (Å²) >= 11 is 7.45. The highest BCUT2D eigenvalue weighted by Crippen LogP contribution is 2.36. The second-order valence-corrected chi connectivity index (χ2v) is 9.73. The van der Waals surface area contributed by atoms with E-state index in [1.807, 2.05) is 0 Å². The van der Waals surface area contributed by atoms with Crippen molar-refractivity contribution in [2.75, 3.05) is 42.1 Å². The van der Waals surface area contributed by atoms with Gasteiger partial charge in [-0.3, -0.25) is 4.72 Å². The summed E-state index contributed by atoms with van der Waals surface area (Å²) in [6, 6.07) is 6.13. The number of ether oxygens (including phenoxy) is 1. The van der Waals surface area contributed by atoms with E-state index < -0.39 is 27.3 Å². The van der Waals surface area contributed by atoms with E-state index in [1.54, 1.807) is 19.0 Å². The standard InChI is InChI=1S/C20H21ClF3N5O3S2/c1-25-5-6-29(2)17-7-12(32-20(23)24)3-4-15(17)27-16-9-14(22)18(8-13(16)21)34(30,31)28-19-10-33-11-26-19/h3-4,7-11,20,25,27-28H,5-6H2,1-2H3. The zero-order chi connectivity index (χ0) is 24.9. The molecule has 0 unspecified atom stereocenters. The lowest BCUT2D eigenvalue weighted by molar-refractivity contribution is -0.0498. The van der Waals surface area contributed by atoms with Gasteiger partial charge in [0.2, 0.25) is 0 Å². The highest BCUT2D eigenvalue weighted by molar-refractivity contribution is 7.92. The van der Waals surface area contributed by atoms with Gasteiger partial charge >= 0.3 is 6.61 Å². The summed E-state index contributed by atoms with van der Waals surface area (Å²) < 4.78 is 72.0. The van der Waals surface area contributed by atoms with Crippen LogP contribution in [-0.4, -0.2) is 47.2 Å². The third-order valence-electron chi connectivity index (χ3n) is 4.55. The predicted molar refractivity (Wildman–Crippen MR) is 128 cm³/mol. The molecule has 0 radical (unpaired) electrons. The molecule has 0 bridgehead atoms. The number of nitrogens with one attached hydrogen (secondary N) is 3. The van der Waals surface area contributed by atoms with Gasteiger partial charge in [0.25, 0.3) is 10.0 Å². The minimum absolute atomic E-state index is 0.0568. The quantitative estimate of drug-likeness (QED) is 0.326. The Hall–Kier alpha value is -2.74. The largest absolute Gasteiger partial charge is 0.435 e. The Morgan fingerprint density at radius 2 is 2.00 bits per heavy atom. The Bertz CT molecular complexity index is 1230. The molecule has 0 aliphatic carbocycles. The molecule has 3 rings (SSSR count). The van der Waals surface area contributed by atoms with Gasteiger partial charge in [-0.2, -0.15) is 8.78 Å². The van der Waals surface area contributed by atoms with Gasteiger partial charge < -0.3 is 20.3 Å². The number of anilines is 4. The third kappa shape index (κ3) is 6.44. The summed E-state index contributed by atoms with van der Waals surface area (Å²) in [7, 11) is -0.760. The van der Waals surface area contributed by atoms with Crippen LogP contribution in [-0.2, 0) is 10.0 Å². The maximum Gasteiger partial charge on any atom is 0.387 e. The van der Waals surface area contributed by atoms with Crippen molar-refractivity contribution < 1.29 is 26.3 Å². The number of hydrogen-bond acceptors (Lipinski definition) is 8. The van der Waals surface area contributed by atoms with Gasteiger partial charge in [0.15, 0.2) is 5.82 Å². The molecular formula is C20H21ClF3N5O3S2. The van der Waals surface area contributed by atoms with Gasteiger partial charge in [-0.1, -0.05) is 11.6 Å². The summed E-state index contributed by atoms with van der Waals surface area (Å²) in [5, 5.41) is 7.31. The van der Waals surface area contributed by atoms with Crippen LogP contribution < -0.4 is 25.0 Å². The molecule has 0 fully saturated rings. The van der Waals surface area contributed by atoms with Gasteiger partial charge in [-0.15, -0.1) is 11.3 Å². The third-order valence-corrected chi connectivity index (χ3v) is 6.82. The van der Waals surface area contributed by atoms with Crippen molar-refractivity contribution in [3.8, 4) is 5.75 Å². The molecule has 0 aliphatic rings. The SMILES string of the molecule is CNCCN(C)c1cc(OC(F)F)ccc1Nc1cc(F)c(S(=O)(=O)Nc2cscn2)cc1Cl. The minimum Gasteiger partial charge on any atom is -0.435 e. The second-order valence-electron chi connectivity index (χ2n) is 6.95. The van der Waals surface area contributed by atoms with Crippen molar-refractivity contribution in [2.45, 2.75) is 11.5 Å². The zero-order valence-electron chi connectivity index (χ0n) is 18.0. The van der Waals surface area contributed by atoms with E-state index in [4.69, 9.17) is 11.6 Å². The molecule has 1 heterocycles. The first-order chi connectivity index (χ1) is 16.1. The van der Waals surface area contributed by atoms with E-state index in [9.17, 15) is 21.6 Å². The van der Waals surface area contributed by atoms with E-state index >= 15 is 0 Å². The zero-order valence-corrected chi connectivity index (χ0v) is 20.4. The Labute approximate surface area is 203 Å². The maximum atomic E-state index is 14.8. The average molecular weight is 536 g/mol. The topological polar surface area (TPSA) is 95.6 Å². The Kier molecular flexibility index (Phi) is 8.47. The normalized spacial score (nSPS) is 11.5. The molecule has 0 saturated carbocycles. The van der Waals surface area contributed by atoms with Crippen LogP contribution in [0.15, 0.2) is 46.1 Å². The average Bonchev–Trinajstić information content (AvgIpc) is 3.27. The summed E-state index contributed by atoms with van der Waals surface area (Å²) in [6.07, 6.45) is 0. The minimum atomic E-state index is -4.27. The lowest BCUT2D eigenvalue weighted by Gasteiger charge is -2.24. The highest BCUT2D eigenvalue weighted by Gasteiger charge is 2.23. The van der Waals surface area contributed by atoms with E-state index in [0.717, 1.165) is 12.1 Å². The number of alkyl halides is 2. The van der Waals surface area contributed by atoms with Crippen LogP contribution >= 0.6 is 22.9 Å². The van der Waals surface area contributed by atoms with Crippen LogP contribution in [0, 0.1) is 5.82 Å². The summed E-state index contributed by atoms with van der Waals surface area (Å²) in [5.41, 5.74) is 2.40. The lowest BCUT2D eigenvalue weighted by atomic mass is 10.2. The van der Waals surface area contributed by atoms with E-state index in [-0.39, 0.29) is 22.3 Å². The molecule has 14 heteroatoms. The van der Waals surface area contributed by atoms with Crippen LogP contribution in [0.1, 0.15) is 0 Å². The first-order valence-corrected chi connectivity index (χ1v) is 12.5. The van der Waals surface area contributed by atoms with Crippen molar-refractivity contribution in [2.24, 2.45) is 0 Å². The smallest absolute Gasteiger partial charge is 0.387 e. The lowest BCUT2D eigenvalue weighted by Crippen LogP contribution is -2.27. The molecule has 0 amide bonds. The summed E-state index contributed by atoms with van der Waals surface area (Å²) in [6.45, 7) is -1.88. The predicted octanol–water partition coefficient (Wildman–Crippen LogP) is 4.74. The maximum absolute atomic E-state index is 14.8. The molecule has 0 saturated heterocycles. The fourth-order valence-electron chi connectivity index (χ4n) is 2.94. The molecule has 8 nitrogen and oxygen atoms in total. The Balaban J connectivity index is 1.93. The van der Waals surface area contributed by atoms with Crippen LogP contribution in [0.2, 0.25) is 5.02 Å². The first kappa shape index (κ1) is 25.9. The number of sulfonamides is 1. The van der Waals surface area contributed by atoms with Gasteiger partial charge in [0.05, 0.1) is 27.6 Å². The van der Waals surface area contributed by atoms with Crippen molar-refractivity contribution in [1.29, 1.82) is 0 Å². The first-order valence-electron chi connectivity index (χ1n) is 9.72.